The van der Waals surface area contributed by atoms with E-state index in [4.69, 9.17) is 27.3 Å². The molecule has 0 fully saturated rings. The number of oxime groups is 1. The highest BCUT2D eigenvalue weighted by atomic mass is 35.5. The third-order valence-corrected chi connectivity index (χ3v) is 2.89. The number of rotatable bonds is 5. The Bertz CT molecular complexity index is 512. The molecule has 0 aromatic carbocycles. The van der Waals surface area contributed by atoms with Gasteiger partial charge in [-0.25, -0.2) is 9.78 Å². The quantitative estimate of drug-likeness (QED) is 0.619. The van der Waals surface area contributed by atoms with Gasteiger partial charge in [0, 0.05) is 0 Å². The van der Waals surface area contributed by atoms with Crippen molar-refractivity contribution in [3.63, 3.8) is 0 Å². The zero-order valence-electron chi connectivity index (χ0n) is 9.43. The summed E-state index contributed by atoms with van der Waals surface area (Å²) in [7, 11) is 0. The number of hydrogen-bond donors (Lipinski definition) is 2. The van der Waals surface area contributed by atoms with E-state index in [9.17, 15) is 9.59 Å². The van der Waals surface area contributed by atoms with Crippen LogP contribution in [0.5, 0.6) is 0 Å². The number of aliphatic carboxylic acids is 1. The molecule has 3 N–H and O–H groups in total. The van der Waals surface area contributed by atoms with Crippen molar-refractivity contribution in [2.24, 2.45) is 5.16 Å². The predicted molar refractivity (Wildman–Crippen MR) is 66.6 cm³/mol. The Labute approximate surface area is 111 Å². The number of carboxylic acid groups (broad SMARTS) is 1. The summed E-state index contributed by atoms with van der Waals surface area (Å²) in [5.41, 5.74) is 3.48. The molecule has 1 rings (SSSR count). The molecule has 1 aromatic rings. The maximum Gasteiger partial charge on any atom is 0.350 e. The van der Waals surface area contributed by atoms with Gasteiger partial charge in [-0.2, -0.15) is 0 Å². The van der Waals surface area contributed by atoms with E-state index in [2.05, 4.69) is 10.1 Å². The lowest BCUT2D eigenvalue weighted by Crippen LogP contribution is -2.33. The summed E-state index contributed by atoms with van der Waals surface area (Å²) in [5.74, 6) is -1.24. The Kier molecular flexibility index (Phi) is 4.25. The molecule has 7 nitrogen and oxygen atoms in total. The molecule has 0 aliphatic rings. The second kappa shape index (κ2) is 5.32. The summed E-state index contributed by atoms with van der Waals surface area (Å²) in [4.78, 5) is 30.0. The Hall–Kier alpha value is -1.67. The van der Waals surface area contributed by atoms with Gasteiger partial charge < -0.3 is 15.7 Å². The van der Waals surface area contributed by atoms with Gasteiger partial charge in [-0.3, -0.25) is 4.79 Å². The summed E-state index contributed by atoms with van der Waals surface area (Å²) in [6.45, 7) is 2.55. The van der Waals surface area contributed by atoms with Crippen molar-refractivity contribution in [3.8, 4) is 0 Å². The minimum absolute atomic E-state index is 0.00959. The first-order valence-electron chi connectivity index (χ1n) is 4.58. The summed E-state index contributed by atoms with van der Waals surface area (Å²) in [5, 5.41) is 12.3. The number of anilines is 1. The highest BCUT2D eigenvalue weighted by molar-refractivity contribution is 7.19. The zero-order chi connectivity index (χ0) is 13.9. The summed E-state index contributed by atoms with van der Waals surface area (Å²) in [6.07, 6.45) is 1.47. The smallest absolute Gasteiger partial charge is 0.350 e. The Morgan fingerprint density at radius 3 is 2.67 bits per heavy atom. The minimum atomic E-state index is -1.59. The van der Waals surface area contributed by atoms with E-state index in [0.29, 0.717) is 0 Å². The van der Waals surface area contributed by atoms with E-state index in [1.807, 2.05) is 0 Å². The van der Waals surface area contributed by atoms with Crippen LogP contribution in [-0.4, -0.2) is 33.7 Å². The van der Waals surface area contributed by atoms with E-state index in [1.54, 1.807) is 0 Å². The van der Waals surface area contributed by atoms with Gasteiger partial charge in [-0.1, -0.05) is 28.1 Å². The topological polar surface area (TPSA) is 115 Å². The normalized spacial score (nSPS) is 12.3. The average Bonchev–Trinajstić information content (AvgIpc) is 2.59. The largest absolute Gasteiger partial charge is 0.478 e. The standard InChI is InChI=1S/C9H9ClN3O4S/c1-9(2,7(15)16)17-13-4(3-14)5-6(10)18-8(11)12-5/h1-2H3,(H2,11,12)(H,15,16)/b13-4+. The molecule has 0 spiro atoms. The Balaban J connectivity index is 3.01. The van der Waals surface area contributed by atoms with E-state index >= 15 is 0 Å². The van der Waals surface area contributed by atoms with Gasteiger partial charge in [-0.15, -0.1) is 0 Å². The van der Waals surface area contributed by atoms with Crippen molar-refractivity contribution in [1.82, 2.24) is 4.98 Å². The number of carbonyl (C=O) groups excluding carboxylic acids is 1. The molecule has 1 aromatic heterocycles. The lowest BCUT2D eigenvalue weighted by Gasteiger charge is -2.16. The van der Waals surface area contributed by atoms with Crippen molar-refractivity contribution in [2.45, 2.75) is 19.4 Å². The molecule has 0 atom stereocenters. The van der Waals surface area contributed by atoms with Crippen LogP contribution >= 0.6 is 22.9 Å². The number of aromatic nitrogens is 1. The molecule has 1 radical (unpaired) electrons. The van der Waals surface area contributed by atoms with Crippen molar-refractivity contribution >= 4 is 46.0 Å². The molecule has 0 bridgehead atoms. The van der Waals surface area contributed by atoms with Crippen LogP contribution < -0.4 is 5.73 Å². The van der Waals surface area contributed by atoms with E-state index in [0.717, 1.165) is 11.3 Å². The van der Waals surface area contributed by atoms with Gasteiger partial charge in [0.25, 0.3) is 6.29 Å². The molecule has 0 saturated heterocycles. The molecular weight excluding hydrogens is 282 g/mol. The van der Waals surface area contributed by atoms with Crippen LogP contribution in [0.15, 0.2) is 5.16 Å². The molecule has 0 aliphatic carbocycles. The van der Waals surface area contributed by atoms with Gasteiger partial charge >= 0.3 is 5.97 Å². The number of nitrogens with two attached hydrogens (primary N) is 1. The third kappa shape index (κ3) is 3.17. The van der Waals surface area contributed by atoms with Crippen LogP contribution in [-0.2, 0) is 14.4 Å². The number of thiazole rings is 1. The number of hydrogen-bond acceptors (Lipinski definition) is 7. The minimum Gasteiger partial charge on any atom is -0.478 e. The Morgan fingerprint density at radius 1 is 1.67 bits per heavy atom. The molecule has 0 aliphatic heterocycles. The number of nitrogens with zero attached hydrogens (tertiary/aromatic N) is 2. The molecule has 0 saturated carbocycles. The zero-order valence-corrected chi connectivity index (χ0v) is 11.0. The van der Waals surface area contributed by atoms with Crippen molar-refractivity contribution in [3.05, 3.63) is 10.0 Å². The van der Waals surface area contributed by atoms with E-state index in [-0.39, 0.29) is 20.9 Å². The molecule has 1 heterocycles. The lowest BCUT2D eigenvalue weighted by atomic mass is 10.1. The average molecular weight is 291 g/mol. The van der Waals surface area contributed by atoms with Gasteiger partial charge in [0.15, 0.2) is 10.8 Å². The third-order valence-electron chi connectivity index (χ3n) is 1.80. The fourth-order valence-corrected chi connectivity index (χ4v) is 1.70. The molecule has 9 heteroatoms. The first-order valence-corrected chi connectivity index (χ1v) is 5.77. The monoisotopic (exact) mass is 290 g/mol. The second-order valence-corrected chi connectivity index (χ2v) is 5.26. The van der Waals surface area contributed by atoms with Crippen LogP contribution in [0.1, 0.15) is 19.5 Å². The highest BCUT2D eigenvalue weighted by Crippen LogP contribution is 2.26. The lowest BCUT2D eigenvalue weighted by molar-refractivity contribution is -0.161. The van der Waals surface area contributed by atoms with Gasteiger partial charge in [0.1, 0.15) is 10.0 Å². The molecular formula is C9H9ClN3O4S. The Morgan fingerprint density at radius 2 is 2.28 bits per heavy atom. The fraction of sp³-hybridized carbons (Fsp3) is 0.333. The van der Waals surface area contributed by atoms with Gasteiger partial charge in [-0.05, 0) is 13.8 Å². The van der Waals surface area contributed by atoms with Crippen LogP contribution in [0.3, 0.4) is 0 Å². The van der Waals surface area contributed by atoms with E-state index < -0.39 is 11.6 Å². The number of carbonyl (C=O) groups is 1. The maximum atomic E-state index is 10.8. The molecule has 97 valence electrons. The van der Waals surface area contributed by atoms with Crippen LogP contribution in [0, 0.1) is 0 Å². The van der Waals surface area contributed by atoms with Crippen LogP contribution in [0.4, 0.5) is 5.13 Å². The number of nitrogen functional groups attached to an aromatic ring is 1. The van der Waals surface area contributed by atoms with Gasteiger partial charge in [0.05, 0.1) is 0 Å². The van der Waals surface area contributed by atoms with E-state index in [1.165, 1.54) is 20.1 Å². The summed E-state index contributed by atoms with van der Waals surface area (Å²) < 4.78 is 0.145. The predicted octanol–water partition coefficient (Wildman–Crippen LogP) is 1.07. The van der Waals surface area contributed by atoms with Crippen LogP contribution in [0.2, 0.25) is 4.34 Å². The maximum absolute atomic E-state index is 10.8. The first kappa shape index (κ1) is 14.4. The van der Waals surface area contributed by atoms with Crippen molar-refractivity contribution in [2.75, 3.05) is 5.73 Å². The molecule has 0 amide bonds. The van der Waals surface area contributed by atoms with Gasteiger partial charge in [0.2, 0.25) is 5.60 Å². The second-order valence-electron chi connectivity index (χ2n) is 3.62. The summed E-state index contributed by atoms with van der Waals surface area (Å²) >= 11 is 6.73. The van der Waals surface area contributed by atoms with Crippen molar-refractivity contribution < 1.29 is 19.5 Å². The molecule has 0 unspecified atom stereocenters. The summed E-state index contributed by atoms with van der Waals surface area (Å²) in [6, 6.07) is 0. The molecule has 18 heavy (non-hydrogen) atoms. The van der Waals surface area contributed by atoms with Crippen molar-refractivity contribution in [1.29, 1.82) is 0 Å². The number of carboxylic acids is 1. The first-order chi connectivity index (χ1) is 8.27. The fourth-order valence-electron chi connectivity index (χ4n) is 0.772. The highest BCUT2D eigenvalue weighted by Gasteiger charge is 2.30. The number of halogens is 1. The SMILES string of the molecule is CC(C)(O/N=C(\[C]=O)c1nc(N)sc1Cl)C(=O)O. The van der Waals surface area contributed by atoms with Crippen LogP contribution in [0.25, 0.3) is 0 Å².